The van der Waals surface area contributed by atoms with E-state index in [4.69, 9.17) is 4.42 Å². The molecule has 0 spiro atoms. The van der Waals surface area contributed by atoms with E-state index < -0.39 is 41.4 Å². The van der Waals surface area contributed by atoms with E-state index in [1.807, 2.05) is 18.2 Å². The zero-order chi connectivity index (χ0) is 22.6. The van der Waals surface area contributed by atoms with Crippen LogP contribution in [0.2, 0.25) is 0 Å². The summed E-state index contributed by atoms with van der Waals surface area (Å²) in [5, 5.41) is 4.56. The third kappa shape index (κ3) is 3.24. The second-order valence-electron chi connectivity index (χ2n) is 8.06. The summed E-state index contributed by atoms with van der Waals surface area (Å²) in [6, 6.07) is 6.60. The highest BCUT2D eigenvalue weighted by Crippen LogP contribution is 2.37. The quantitative estimate of drug-likeness (QED) is 0.514. The first kappa shape index (κ1) is 20.3. The molecular formula is C21H19F3N6O2. The Hall–Kier alpha value is -3.63. The first-order valence-corrected chi connectivity index (χ1v) is 9.99. The maximum Gasteiger partial charge on any atom is 0.292 e. The van der Waals surface area contributed by atoms with Gasteiger partial charge in [-0.1, -0.05) is 6.07 Å². The number of hydrogen-bond acceptors (Lipinski definition) is 5. The summed E-state index contributed by atoms with van der Waals surface area (Å²) in [6.07, 6.45) is 0.614. The molecule has 1 aliphatic rings. The van der Waals surface area contributed by atoms with Crippen molar-refractivity contribution in [1.29, 1.82) is 0 Å². The number of nitrogens with one attached hydrogen (secondary N) is 1. The van der Waals surface area contributed by atoms with E-state index in [0.717, 1.165) is 25.1 Å². The second-order valence-corrected chi connectivity index (χ2v) is 8.06. The molecule has 5 heterocycles. The van der Waals surface area contributed by atoms with E-state index in [0.29, 0.717) is 17.8 Å². The number of oxazole rings is 1. The molecule has 4 aromatic rings. The molecule has 1 atom stereocenters. The van der Waals surface area contributed by atoms with Crippen molar-refractivity contribution in [3.05, 3.63) is 71.2 Å². The predicted molar refractivity (Wildman–Crippen MR) is 106 cm³/mol. The van der Waals surface area contributed by atoms with Crippen LogP contribution in [0.4, 0.5) is 13.2 Å². The normalized spacial score (nSPS) is 16.7. The van der Waals surface area contributed by atoms with Crippen LogP contribution in [0.1, 0.15) is 65.5 Å². The van der Waals surface area contributed by atoms with E-state index in [-0.39, 0.29) is 6.54 Å². The zero-order valence-electron chi connectivity index (χ0n) is 17.2. The van der Waals surface area contributed by atoms with Gasteiger partial charge in [0.2, 0.25) is 11.7 Å². The summed E-state index contributed by atoms with van der Waals surface area (Å²) in [7, 11) is 0. The van der Waals surface area contributed by atoms with Crippen molar-refractivity contribution in [3.63, 3.8) is 0 Å². The van der Waals surface area contributed by atoms with Gasteiger partial charge in [0.1, 0.15) is 6.04 Å². The summed E-state index contributed by atoms with van der Waals surface area (Å²) in [4.78, 5) is 25.8. The number of alkyl halides is 3. The minimum atomic E-state index is -3.10. The molecule has 0 fully saturated rings. The van der Waals surface area contributed by atoms with Crippen LogP contribution in [0.25, 0.3) is 5.52 Å². The van der Waals surface area contributed by atoms with Gasteiger partial charge in [-0.3, -0.25) is 4.79 Å². The molecule has 1 amide bonds. The lowest BCUT2D eigenvalue weighted by Gasteiger charge is -2.33. The van der Waals surface area contributed by atoms with E-state index >= 15 is 0 Å². The lowest BCUT2D eigenvalue weighted by atomic mass is 9.99. The van der Waals surface area contributed by atoms with Gasteiger partial charge in [-0.25, -0.2) is 27.7 Å². The minimum absolute atomic E-state index is 0.199. The lowest BCUT2D eigenvalue weighted by Crippen LogP contribution is -2.41. The highest BCUT2D eigenvalue weighted by molar-refractivity contribution is 5.93. The Morgan fingerprint density at radius 3 is 2.88 bits per heavy atom. The van der Waals surface area contributed by atoms with E-state index in [1.165, 1.54) is 11.2 Å². The van der Waals surface area contributed by atoms with Crippen molar-refractivity contribution in [2.75, 3.05) is 6.54 Å². The number of hydrogen-bond donors (Lipinski definition) is 1. The third-order valence-electron chi connectivity index (χ3n) is 5.42. The molecular weight excluding hydrogens is 425 g/mol. The van der Waals surface area contributed by atoms with Gasteiger partial charge < -0.3 is 14.3 Å². The Morgan fingerprint density at radius 1 is 1.34 bits per heavy atom. The number of nitrogens with zero attached hydrogens (tertiary/aromatic N) is 5. The van der Waals surface area contributed by atoms with Gasteiger partial charge in [0, 0.05) is 24.9 Å². The molecule has 11 heteroatoms. The Morgan fingerprint density at radius 2 is 2.16 bits per heavy atom. The highest BCUT2D eigenvalue weighted by Gasteiger charge is 2.41. The fraction of sp³-hybridized carbons (Fsp3) is 0.333. The summed E-state index contributed by atoms with van der Waals surface area (Å²) in [6.45, 7) is 2.45. The van der Waals surface area contributed by atoms with Crippen LogP contribution in [-0.2, 0) is 12.1 Å². The Kier molecular flexibility index (Phi) is 4.57. The Labute approximate surface area is 180 Å². The van der Waals surface area contributed by atoms with E-state index in [9.17, 15) is 18.0 Å². The first-order valence-electron chi connectivity index (χ1n) is 9.99. The predicted octanol–water partition coefficient (Wildman–Crippen LogP) is 3.98. The van der Waals surface area contributed by atoms with Gasteiger partial charge in [-0.15, -0.1) is 0 Å². The molecule has 0 aliphatic carbocycles. The topological polar surface area (TPSA) is 92.3 Å². The lowest BCUT2D eigenvalue weighted by molar-refractivity contribution is 0.0630. The molecule has 4 aromatic heterocycles. The summed E-state index contributed by atoms with van der Waals surface area (Å²) >= 11 is 0. The number of halogens is 3. The SMILES string of the molecule is CC(C)(F)c1nc(C(F)F)c(C(=O)N2CCc3[nH]cnc3[C@H]2c2cc3ccccn3n2)o1. The molecule has 0 saturated heterocycles. The van der Waals surface area contributed by atoms with Crippen molar-refractivity contribution in [3.8, 4) is 0 Å². The molecule has 166 valence electrons. The van der Waals surface area contributed by atoms with E-state index in [1.54, 1.807) is 16.8 Å². The number of amides is 1. The highest BCUT2D eigenvalue weighted by atomic mass is 19.3. The molecule has 1 N–H and O–H groups in total. The third-order valence-corrected chi connectivity index (χ3v) is 5.42. The van der Waals surface area contributed by atoms with Gasteiger partial charge >= 0.3 is 0 Å². The smallest absolute Gasteiger partial charge is 0.292 e. The largest absolute Gasteiger partial charge is 0.431 e. The number of imidazole rings is 1. The van der Waals surface area contributed by atoms with Gasteiger partial charge in [-0.2, -0.15) is 5.10 Å². The van der Waals surface area contributed by atoms with Crippen LogP contribution in [0, 0.1) is 0 Å². The molecule has 0 saturated carbocycles. The van der Waals surface area contributed by atoms with Crippen LogP contribution in [0.15, 0.2) is 41.2 Å². The molecule has 5 rings (SSSR count). The maximum absolute atomic E-state index is 14.3. The van der Waals surface area contributed by atoms with Gasteiger partial charge in [0.25, 0.3) is 12.3 Å². The number of aromatic amines is 1. The average molecular weight is 444 g/mol. The number of carbonyl (C=O) groups excluding carboxylic acids is 1. The molecule has 0 radical (unpaired) electrons. The number of H-pyrrole nitrogens is 1. The van der Waals surface area contributed by atoms with Crippen LogP contribution in [0.5, 0.6) is 0 Å². The number of fused-ring (bicyclic) bond motifs is 2. The zero-order valence-corrected chi connectivity index (χ0v) is 17.2. The maximum atomic E-state index is 14.3. The van der Waals surface area contributed by atoms with Crippen molar-refractivity contribution in [1.82, 2.24) is 29.5 Å². The van der Waals surface area contributed by atoms with Gasteiger partial charge in [-0.05, 0) is 32.0 Å². The molecule has 32 heavy (non-hydrogen) atoms. The van der Waals surface area contributed by atoms with Gasteiger partial charge in [0.15, 0.2) is 11.4 Å². The summed E-state index contributed by atoms with van der Waals surface area (Å²) in [5.41, 5.74) is -0.294. The van der Waals surface area contributed by atoms with Gasteiger partial charge in [0.05, 0.1) is 23.2 Å². The molecule has 0 bridgehead atoms. The fourth-order valence-electron chi connectivity index (χ4n) is 3.90. The second kappa shape index (κ2) is 7.21. The van der Waals surface area contributed by atoms with Crippen molar-refractivity contribution < 1.29 is 22.4 Å². The molecule has 0 unspecified atom stereocenters. The monoisotopic (exact) mass is 444 g/mol. The van der Waals surface area contributed by atoms with E-state index in [2.05, 4.69) is 20.1 Å². The van der Waals surface area contributed by atoms with Crippen molar-refractivity contribution in [2.24, 2.45) is 0 Å². The fourth-order valence-corrected chi connectivity index (χ4v) is 3.90. The minimum Gasteiger partial charge on any atom is -0.431 e. The molecule has 1 aliphatic heterocycles. The van der Waals surface area contributed by atoms with Crippen molar-refractivity contribution >= 4 is 11.4 Å². The molecule has 8 nitrogen and oxygen atoms in total. The standard InChI is InChI=1S/C21H19F3N6O2/c1-21(2,24)20-27-15(18(22)23)17(32-20)19(31)29-8-6-12-14(26-10-25-12)16(29)13-9-11-5-3-4-7-30(11)28-13/h3-5,7,9-10,16,18H,6,8H2,1-2H3,(H,25,26)/t16-/m1/s1. The summed E-state index contributed by atoms with van der Waals surface area (Å²) < 4.78 is 48.6. The van der Waals surface area contributed by atoms with Crippen molar-refractivity contribution in [2.45, 2.75) is 38.4 Å². The number of pyridine rings is 1. The number of aromatic nitrogens is 5. The number of carbonyl (C=O) groups is 1. The summed E-state index contributed by atoms with van der Waals surface area (Å²) in [5.74, 6) is -2.06. The average Bonchev–Trinajstić information content (AvgIpc) is 3.49. The van der Waals surface area contributed by atoms with Crippen LogP contribution >= 0.6 is 0 Å². The Balaban J connectivity index is 1.62. The van der Waals surface area contributed by atoms with Crippen LogP contribution in [0.3, 0.4) is 0 Å². The molecule has 0 aromatic carbocycles. The Bertz CT molecular complexity index is 1270. The first-order chi connectivity index (χ1) is 15.2. The number of rotatable bonds is 4. The van der Waals surface area contributed by atoms with Crippen LogP contribution in [-0.4, -0.2) is 41.9 Å². The van der Waals surface area contributed by atoms with Crippen LogP contribution < -0.4 is 0 Å².